The average molecular weight is 253 g/mol. The molecular weight excluding hydrogens is 238 g/mol. The Kier molecular flexibility index (Phi) is 3.71. The molecule has 0 atom stereocenters. The van der Waals surface area contributed by atoms with Gasteiger partial charge in [-0.3, -0.25) is 4.98 Å². The van der Waals surface area contributed by atoms with Gasteiger partial charge in [0.25, 0.3) is 0 Å². The maximum absolute atomic E-state index is 9.18. The van der Waals surface area contributed by atoms with Gasteiger partial charge >= 0.3 is 0 Å². The summed E-state index contributed by atoms with van der Waals surface area (Å²) in [6.07, 6.45) is 1.73. The predicted molar refractivity (Wildman–Crippen MR) is 72.5 cm³/mol. The highest BCUT2D eigenvalue weighted by Gasteiger charge is 2.08. The number of hydrogen-bond acceptors (Lipinski definition) is 5. The Morgan fingerprint density at radius 2 is 2.05 bits per heavy atom. The zero-order chi connectivity index (χ0) is 13.8. The van der Waals surface area contributed by atoms with E-state index < -0.39 is 0 Å². The summed E-state index contributed by atoms with van der Waals surface area (Å²) in [5, 5.41) is 12.4. The monoisotopic (exact) mass is 253 g/mol. The number of nitrogens with one attached hydrogen (secondary N) is 1. The molecule has 0 aliphatic carbocycles. The van der Waals surface area contributed by atoms with Gasteiger partial charge in [0.05, 0.1) is 29.2 Å². The number of aryl methyl sites for hydroxylation is 3. The van der Waals surface area contributed by atoms with Crippen LogP contribution in [0.25, 0.3) is 0 Å². The molecule has 2 aromatic rings. The van der Waals surface area contributed by atoms with E-state index in [1.807, 2.05) is 32.9 Å². The fraction of sp³-hybridized carbons (Fsp3) is 0.286. The van der Waals surface area contributed by atoms with Gasteiger partial charge in [-0.25, -0.2) is 9.97 Å². The van der Waals surface area contributed by atoms with Crippen molar-refractivity contribution in [2.75, 3.05) is 5.32 Å². The first kappa shape index (κ1) is 13.0. The van der Waals surface area contributed by atoms with Crippen molar-refractivity contribution >= 4 is 5.69 Å². The second kappa shape index (κ2) is 5.44. The minimum Gasteiger partial charge on any atom is -0.378 e. The van der Waals surface area contributed by atoms with Crippen molar-refractivity contribution in [3.05, 3.63) is 46.8 Å². The van der Waals surface area contributed by atoms with Gasteiger partial charge < -0.3 is 5.32 Å². The Bertz CT molecular complexity index is 643. The van der Waals surface area contributed by atoms with Crippen LogP contribution in [-0.4, -0.2) is 15.0 Å². The molecule has 19 heavy (non-hydrogen) atoms. The van der Waals surface area contributed by atoms with Crippen molar-refractivity contribution in [2.24, 2.45) is 0 Å². The number of pyridine rings is 1. The summed E-state index contributed by atoms with van der Waals surface area (Å²) >= 11 is 0. The minimum absolute atomic E-state index is 0.556. The Morgan fingerprint density at radius 3 is 2.74 bits per heavy atom. The third-order valence-corrected chi connectivity index (χ3v) is 2.73. The molecule has 2 heterocycles. The maximum atomic E-state index is 9.18. The largest absolute Gasteiger partial charge is 0.378 e. The summed E-state index contributed by atoms with van der Waals surface area (Å²) in [7, 11) is 0. The van der Waals surface area contributed by atoms with Crippen molar-refractivity contribution < 1.29 is 0 Å². The zero-order valence-corrected chi connectivity index (χ0v) is 11.2. The molecule has 0 unspecified atom stereocenters. The molecule has 0 saturated heterocycles. The molecule has 5 heteroatoms. The van der Waals surface area contributed by atoms with Gasteiger partial charge in [0.1, 0.15) is 11.9 Å². The van der Waals surface area contributed by atoms with E-state index in [2.05, 4.69) is 26.3 Å². The molecule has 0 aromatic carbocycles. The van der Waals surface area contributed by atoms with Gasteiger partial charge in [-0.2, -0.15) is 5.26 Å². The molecule has 0 amide bonds. The van der Waals surface area contributed by atoms with Crippen LogP contribution in [0.5, 0.6) is 0 Å². The van der Waals surface area contributed by atoms with Crippen molar-refractivity contribution in [3.8, 4) is 6.07 Å². The lowest BCUT2D eigenvalue weighted by Crippen LogP contribution is -2.06. The molecule has 0 aliphatic heterocycles. The summed E-state index contributed by atoms with van der Waals surface area (Å²) in [5.74, 6) is 0.738. The van der Waals surface area contributed by atoms with Crippen LogP contribution < -0.4 is 5.32 Å². The second-order valence-electron chi connectivity index (χ2n) is 4.33. The molecule has 0 radical (unpaired) electrons. The van der Waals surface area contributed by atoms with Crippen LogP contribution >= 0.6 is 0 Å². The molecule has 0 bridgehead atoms. The lowest BCUT2D eigenvalue weighted by atomic mass is 10.1. The Morgan fingerprint density at radius 1 is 1.26 bits per heavy atom. The van der Waals surface area contributed by atoms with E-state index in [1.54, 1.807) is 6.20 Å². The molecule has 0 spiro atoms. The fourth-order valence-electron chi connectivity index (χ4n) is 1.90. The van der Waals surface area contributed by atoms with Crippen LogP contribution in [0, 0.1) is 32.1 Å². The van der Waals surface area contributed by atoms with Crippen molar-refractivity contribution in [1.29, 1.82) is 5.26 Å². The van der Waals surface area contributed by atoms with Gasteiger partial charge in [-0.05, 0) is 32.9 Å². The molecule has 0 aliphatic rings. The van der Waals surface area contributed by atoms with Crippen LogP contribution in [0.1, 0.15) is 28.5 Å². The van der Waals surface area contributed by atoms with E-state index >= 15 is 0 Å². The molecule has 5 nitrogen and oxygen atoms in total. The van der Waals surface area contributed by atoms with Crippen LogP contribution in [-0.2, 0) is 6.54 Å². The Labute approximate surface area is 112 Å². The van der Waals surface area contributed by atoms with Crippen LogP contribution in [0.4, 0.5) is 5.69 Å². The second-order valence-corrected chi connectivity index (χ2v) is 4.33. The van der Waals surface area contributed by atoms with Gasteiger partial charge in [0.2, 0.25) is 0 Å². The van der Waals surface area contributed by atoms with E-state index in [0.29, 0.717) is 12.1 Å². The molecule has 1 N–H and O–H groups in total. The van der Waals surface area contributed by atoms with Crippen molar-refractivity contribution in [2.45, 2.75) is 27.3 Å². The number of nitrogens with zero attached hydrogens (tertiary/aromatic N) is 4. The topological polar surface area (TPSA) is 74.5 Å². The zero-order valence-electron chi connectivity index (χ0n) is 11.2. The summed E-state index contributed by atoms with van der Waals surface area (Å²) < 4.78 is 0. The highest BCUT2D eigenvalue weighted by atomic mass is 14.9. The summed E-state index contributed by atoms with van der Waals surface area (Å²) in [5.41, 5.74) is 3.89. The summed E-state index contributed by atoms with van der Waals surface area (Å²) in [6.45, 7) is 6.16. The van der Waals surface area contributed by atoms with Gasteiger partial charge in [-0.15, -0.1) is 0 Å². The normalized spacial score (nSPS) is 10.0. The van der Waals surface area contributed by atoms with E-state index in [1.165, 1.54) is 0 Å². The van der Waals surface area contributed by atoms with Crippen molar-refractivity contribution in [1.82, 2.24) is 15.0 Å². The lowest BCUT2D eigenvalue weighted by Gasteiger charge is -2.10. The van der Waals surface area contributed by atoms with E-state index in [4.69, 9.17) is 0 Å². The summed E-state index contributed by atoms with van der Waals surface area (Å²) in [6, 6.07) is 5.91. The first-order valence-corrected chi connectivity index (χ1v) is 6.01. The molecular formula is C14H15N5. The van der Waals surface area contributed by atoms with Gasteiger partial charge in [0.15, 0.2) is 0 Å². The third-order valence-electron chi connectivity index (χ3n) is 2.73. The molecule has 0 saturated carbocycles. The first-order valence-electron chi connectivity index (χ1n) is 6.01. The van der Waals surface area contributed by atoms with Crippen LogP contribution in [0.15, 0.2) is 18.3 Å². The predicted octanol–water partition coefficient (Wildman–Crippen LogP) is 2.28. The molecule has 2 rings (SSSR count). The quantitative estimate of drug-likeness (QED) is 0.908. The number of anilines is 1. The maximum Gasteiger partial charge on any atom is 0.125 e. The smallest absolute Gasteiger partial charge is 0.125 e. The third kappa shape index (κ3) is 3.05. The standard InChI is InChI=1S/C14H15N5/c1-9-6-14(13(7-15)10(2)18-9)17-8-12-4-5-16-11(3)19-12/h4-6H,8H2,1-3H3,(H,17,18). The first-order chi connectivity index (χ1) is 9.10. The number of rotatable bonds is 3. The van der Waals surface area contributed by atoms with Crippen LogP contribution in [0.3, 0.4) is 0 Å². The summed E-state index contributed by atoms with van der Waals surface area (Å²) in [4.78, 5) is 12.7. The Balaban J connectivity index is 2.22. The average Bonchev–Trinajstić information content (AvgIpc) is 2.36. The van der Waals surface area contributed by atoms with E-state index in [0.717, 1.165) is 28.6 Å². The highest BCUT2D eigenvalue weighted by molar-refractivity contribution is 5.59. The number of aromatic nitrogens is 3. The van der Waals surface area contributed by atoms with Gasteiger partial charge in [-0.1, -0.05) is 0 Å². The van der Waals surface area contributed by atoms with E-state index in [9.17, 15) is 5.26 Å². The van der Waals surface area contributed by atoms with Crippen LogP contribution in [0.2, 0.25) is 0 Å². The number of nitriles is 1. The van der Waals surface area contributed by atoms with Crippen molar-refractivity contribution in [3.63, 3.8) is 0 Å². The van der Waals surface area contributed by atoms with E-state index in [-0.39, 0.29) is 0 Å². The minimum atomic E-state index is 0.556. The number of hydrogen-bond donors (Lipinski definition) is 1. The van der Waals surface area contributed by atoms with Gasteiger partial charge in [0, 0.05) is 11.9 Å². The Hall–Kier alpha value is -2.48. The highest BCUT2D eigenvalue weighted by Crippen LogP contribution is 2.19. The fourth-order valence-corrected chi connectivity index (χ4v) is 1.90. The molecule has 0 fully saturated rings. The SMILES string of the molecule is Cc1cc(NCc2ccnc(C)n2)c(C#N)c(C)n1. The lowest BCUT2D eigenvalue weighted by molar-refractivity contribution is 0.952. The molecule has 96 valence electrons. The molecule has 2 aromatic heterocycles.